The lowest BCUT2D eigenvalue weighted by Crippen LogP contribution is -2.55. The van der Waals surface area contributed by atoms with Crippen molar-refractivity contribution in [2.45, 2.75) is 49.1 Å². The number of fused-ring (bicyclic) bond motifs is 2. The largest absolute Gasteiger partial charge is 0.489 e. The van der Waals surface area contributed by atoms with Crippen molar-refractivity contribution in [3.63, 3.8) is 0 Å². The number of benzene rings is 6. The van der Waals surface area contributed by atoms with Crippen LogP contribution in [0.1, 0.15) is 39.5 Å². The second-order valence-corrected chi connectivity index (χ2v) is 17.4. The van der Waals surface area contributed by atoms with E-state index in [4.69, 9.17) is 42.7 Å². The molecule has 2 N–H and O–H groups in total. The minimum atomic E-state index is -4.24. The highest BCUT2D eigenvalue weighted by Crippen LogP contribution is 2.42. The number of nitriles is 1. The average Bonchev–Trinajstić information content (AvgIpc) is 3.28. The first-order chi connectivity index (χ1) is 29.4. The molecule has 11 nitrogen and oxygen atoms in total. The van der Waals surface area contributed by atoms with Crippen molar-refractivity contribution in [2.75, 3.05) is 6.61 Å². The molecule has 2 heterocycles. The Labute approximate surface area is 362 Å². The van der Waals surface area contributed by atoms with Crippen molar-refractivity contribution >= 4 is 45.1 Å². The Kier molecular flexibility index (Phi) is 12.0. The smallest absolute Gasteiger partial charge is 0.326 e. The van der Waals surface area contributed by atoms with Gasteiger partial charge in [-0.25, -0.2) is 13.2 Å². The van der Waals surface area contributed by atoms with E-state index in [0.717, 1.165) is 26.6 Å². The lowest BCUT2D eigenvalue weighted by atomic mass is 9.93. The highest BCUT2D eigenvalue weighted by atomic mass is 35.5. The van der Waals surface area contributed by atoms with E-state index < -0.39 is 40.1 Å². The maximum Gasteiger partial charge on any atom is 0.326 e. The molecule has 1 unspecified atom stereocenters. The molecule has 1 amide bonds. The van der Waals surface area contributed by atoms with E-state index >= 15 is 0 Å². The van der Waals surface area contributed by atoms with E-state index in [1.165, 1.54) is 12.1 Å². The number of hydrogen-bond donors (Lipinski definition) is 2. The zero-order valence-electron chi connectivity index (χ0n) is 32.3. The zero-order valence-corrected chi connectivity index (χ0v) is 34.7. The number of carbonyl (C=O) groups is 2. The van der Waals surface area contributed by atoms with Crippen LogP contribution in [0, 0.1) is 11.3 Å². The molecule has 0 fully saturated rings. The number of carbonyl (C=O) groups excluding carboxylic acids is 1. The quantitative estimate of drug-likeness (QED) is 0.123. The molecule has 14 heteroatoms. The van der Waals surface area contributed by atoms with Crippen LogP contribution in [0.5, 0.6) is 17.2 Å². The predicted molar refractivity (Wildman–Crippen MR) is 229 cm³/mol. The third-order valence-corrected chi connectivity index (χ3v) is 13.3. The molecule has 0 saturated carbocycles. The Morgan fingerprint density at radius 3 is 2.18 bits per heavy atom. The number of hydrogen-bond acceptors (Lipinski definition) is 8. The molecule has 0 bridgehead atoms. The Morgan fingerprint density at radius 1 is 0.836 bits per heavy atom. The van der Waals surface area contributed by atoms with Gasteiger partial charge in [0, 0.05) is 13.0 Å². The lowest BCUT2D eigenvalue weighted by molar-refractivity contribution is -0.142. The second-order valence-electron chi connectivity index (χ2n) is 14.7. The van der Waals surface area contributed by atoms with Crippen LogP contribution in [0.15, 0.2) is 138 Å². The SMILES string of the molecule is N#Cc1ccc(-c2ccc(C[C@H](NC(=O)C3Cc4cc5c(cc4CN3S(=O)(=O)c3ccccc3)O[C@@H](c3ccc(OCc4ccc(Cl)c(Cl)c4)cc3)CO5)C(=O)O)cc2)cc1. The van der Waals surface area contributed by atoms with E-state index in [-0.39, 0.29) is 30.9 Å². The number of nitrogens with one attached hydrogen (secondary N) is 1. The normalized spacial score (nSPS) is 16.4. The van der Waals surface area contributed by atoms with Gasteiger partial charge in [-0.15, -0.1) is 0 Å². The van der Waals surface area contributed by atoms with Crippen molar-refractivity contribution in [2.24, 2.45) is 0 Å². The van der Waals surface area contributed by atoms with E-state index in [2.05, 4.69) is 11.4 Å². The molecule has 6 aromatic rings. The first-order valence-corrected chi connectivity index (χ1v) is 21.5. The monoisotopic (exact) mass is 873 g/mol. The predicted octanol–water partition coefficient (Wildman–Crippen LogP) is 8.55. The molecular weight excluding hydrogens is 838 g/mol. The topological polar surface area (TPSA) is 155 Å². The molecular formula is C47H37Cl2N3O8S. The summed E-state index contributed by atoms with van der Waals surface area (Å²) in [5.41, 5.74) is 5.95. The fourth-order valence-electron chi connectivity index (χ4n) is 7.34. The molecule has 0 aliphatic carbocycles. The van der Waals surface area contributed by atoms with Gasteiger partial charge >= 0.3 is 5.97 Å². The average molecular weight is 875 g/mol. The number of aliphatic carboxylic acids is 1. The van der Waals surface area contributed by atoms with Crippen molar-refractivity contribution in [1.82, 2.24) is 9.62 Å². The third-order valence-electron chi connectivity index (χ3n) is 10.7. The molecule has 0 spiro atoms. The zero-order chi connectivity index (χ0) is 42.7. The van der Waals surface area contributed by atoms with Gasteiger partial charge in [0.2, 0.25) is 15.9 Å². The number of sulfonamides is 1. The summed E-state index contributed by atoms with van der Waals surface area (Å²) in [6.07, 6.45) is -0.554. The van der Waals surface area contributed by atoms with Crippen LogP contribution in [-0.4, -0.2) is 48.4 Å². The molecule has 2 aliphatic heterocycles. The van der Waals surface area contributed by atoms with Crippen LogP contribution in [0.4, 0.5) is 0 Å². The van der Waals surface area contributed by atoms with Crippen LogP contribution in [0.3, 0.4) is 0 Å². The van der Waals surface area contributed by atoms with Gasteiger partial charge in [-0.1, -0.05) is 96.0 Å². The molecule has 0 radical (unpaired) electrons. The van der Waals surface area contributed by atoms with Crippen molar-refractivity contribution in [3.8, 4) is 34.4 Å². The summed E-state index contributed by atoms with van der Waals surface area (Å²) in [7, 11) is -4.24. The maximum absolute atomic E-state index is 14.3. The van der Waals surface area contributed by atoms with Gasteiger partial charge < -0.3 is 24.6 Å². The maximum atomic E-state index is 14.3. The van der Waals surface area contributed by atoms with E-state index in [0.29, 0.717) is 56.2 Å². The van der Waals surface area contributed by atoms with Gasteiger partial charge in [-0.2, -0.15) is 9.57 Å². The van der Waals surface area contributed by atoms with Gasteiger partial charge in [0.1, 0.15) is 31.0 Å². The number of carboxylic acids is 1. The summed E-state index contributed by atoms with van der Waals surface area (Å²) in [5.74, 6) is -0.498. The van der Waals surface area contributed by atoms with Gasteiger partial charge in [0.05, 0.1) is 26.6 Å². The van der Waals surface area contributed by atoms with Crippen LogP contribution in [0.2, 0.25) is 10.0 Å². The van der Waals surface area contributed by atoms with E-state index in [9.17, 15) is 23.1 Å². The fourth-order valence-corrected chi connectivity index (χ4v) is 9.25. The molecule has 3 atom stereocenters. The Balaban J connectivity index is 0.993. The summed E-state index contributed by atoms with van der Waals surface area (Å²) in [6.45, 7) is 0.322. The van der Waals surface area contributed by atoms with Gasteiger partial charge in [-0.3, -0.25) is 4.79 Å². The van der Waals surface area contributed by atoms with Crippen LogP contribution < -0.4 is 19.5 Å². The van der Waals surface area contributed by atoms with Crippen LogP contribution in [-0.2, 0) is 45.6 Å². The van der Waals surface area contributed by atoms with Crippen molar-refractivity contribution < 1.29 is 37.3 Å². The van der Waals surface area contributed by atoms with Gasteiger partial charge in [0.15, 0.2) is 17.6 Å². The lowest BCUT2D eigenvalue weighted by Gasteiger charge is -2.36. The minimum absolute atomic E-state index is 0.00427. The number of rotatable bonds is 12. The Morgan fingerprint density at radius 2 is 1.51 bits per heavy atom. The van der Waals surface area contributed by atoms with Crippen LogP contribution >= 0.6 is 23.2 Å². The Bertz CT molecular complexity index is 2750. The van der Waals surface area contributed by atoms with Gasteiger partial charge in [0.25, 0.3) is 0 Å². The molecule has 6 aromatic carbocycles. The summed E-state index contributed by atoms with van der Waals surface area (Å²) >= 11 is 12.2. The number of nitrogens with zero attached hydrogens (tertiary/aromatic N) is 2. The standard InChI is InChI=1S/C47H37Cl2N3O8S/c48-39-19-10-31(20-40(39)49)27-58-37-17-15-34(16-18-37)45-28-59-43-23-35-22-42(52(26-36(35)24-44(43)60-45)61(56,57)38-4-2-1-3-5-38)46(53)51-41(47(54)55)21-29-6-11-32(12-7-29)33-13-8-30(25-50)9-14-33/h1-20,23-24,41-42,45H,21-22,26-28H2,(H,51,53)(H,54,55)/t41-,42?,45+/m0/s1. The molecule has 2 aliphatic rings. The molecule has 8 rings (SSSR count). The van der Waals surface area contributed by atoms with Crippen molar-refractivity contribution in [1.29, 1.82) is 5.26 Å². The van der Waals surface area contributed by atoms with E-state index in [1.807, 2.05) is 54.6 Å². The summed E-state index contributed by atoms with van der Waals surface area (Å²) < 4.78 is 48.2. The number of ether oxygens (including phenoxy) is 3. The molecule has 61 heavy (non-hydrogen) atoms. The highest BCUT2D eigenvalue weighted by molar-refractivity contribution is 7.89. The van der Waals surface area contributed by atoms with Crippen molar-refractivity contribution in [3.05, 3.63) is 177 Å². The summed E-state index contributed by atoms with van der Waals surface area (Å²) in [5, 5.41) is 22.9. The number of carboxylic acid groups (broad SMARTS) is 1. The fraction of sp³-hybridized carbons (Fsp3) is 0.170. The Hall–Kier alpha value is -6.36. The first kappa shape index (κ1) is 41.4. The summed E-state index contributed by atoms with van der Waals surface area (Å²) in [6, 6.07) is 37.9. The minimum Gasteiger partial charge on any atom is -0.489 e. The second kappa shape index (κ2) is 17.7. The molecule has 0 aromatic heterocycles. The first-order valence-electron chi connectivity index (χ1n) is 19.3. The van der Waals surface area contributed by atoms with E-state index in [1.54, 1.807) is 66.7 Å². The third kappa shape index (κ3) is 9.21. The molecule has 308 valence electrons. The van der Waals surface area contributed by atoms with Gasteiger partial charge in [-0.05, 0) is 106 Å². The highest BCUT2D eigenvalue weighted by Gasteiger charge is 2.41. The number of amides is 1. The molecule has 0 saturated heterocycles. The number of halogens is 2. The summed E-state index contributed by atoms with van der Waals surface area (Å²) in [4.78, 5) is 26.7. The van der Waals surface area contributed by atoms with Crippen LogP contribution in [0.25, 0.3) is 11.1 Å².